The normalized spacial score (nSPS) is 22.6. The van der Waals surface area contributed by atoms with Crippen LogP contribution >= 0.6 is 0 Å². The van der Waals surface area contributed by atoms with Crippen LogP contribution in [-0.4, -0.2) is 37.0 Å². The number of piperidine rings is 1. The van der Waals surface area contributed by atoms with E-state index in [9.17, 15) is 0 Å². The van der Waals surface area contributed by atoms with E-state index < -0.39 is 0 Å². The molecule has 2 N–H and O–H groups in total. The fourth-order valence-corrected chi connectivity index (χ4v) is 1.76. The Labute approximate surface area is 80.1 Å². The molecule has 3 nitrogen and oxygen atoms in total. The van der Waals surface area contributed by atoms with E-state index in [2.05, 4.69) is 18.9 Å². The van der Waals surface area contributed by atoms with Crippen LogP contribution in [0.4, 0.5) is 0 Å². The third-order valence-corrected chi connectivity index (χ3v) is 3.13. The largest absolute Gasteiger partial charge is 0.313 e. The Bertz CT molecular complexity index is 202. The molecule has 1 rings (SSSR count). The Morgan fingerprint density at radius 3 is 2.46 bits per heavy atom. The van der Waals surface area contributed by atoms with E-state index in [0.717, 1.165) is 31.6 Å². The third-order valence-electron chi connectivity index (χ3n) is 3.13. The van der Waals surface area contributed by atoms with E-state index >= 15 is 0 Å². The van der Waals surface area contributed by atoms with Crippen LogP contribution in [0.2, 0.25) is 0 Å². The lowest BCUT2D eigenvalue weighted by atomic mass is 9.75. The Hall–Kier alpha value is -0.700. The highest BCUT2D eigenvalue weighted by Crippen LogP contribution is 2.32. The van der Waals surface area contributed by atoms with Gasteiger partial charge in [-0.25, -0.2) is 0 Å². The van der Waals surface area contributed by atoms with Crippen molar-refractivity contribution in [3.05, 3.63) is 0 Å². The lowest BCUT2D eigenvalue weighted by Crippen LogP contribution is -2.40. The van der Waals surface area contributed by atoms with Gasteiger partial charge in [0.15, 0.2) is 0 Å². The molecule has 0 atom stereocenters. The summed E-state index contributed by atoms with van der Waals surface area (Å²) in [6.45, 7) is 4.32. The van der Waals surface area contributed by atoms with Gasteiger partial charge in [-0.1, -0.05) is 6.92 Å². The first kappa shape index (κ1) is 10.4. The predicted octanol–water partition coefficient (Wildman–Crippen LogP) is 1.78. The molecule has 1 heterocycles. The minimum absolute atomic E-state index is 0.0596. The van der Waals surface area contributed by atoms with Gasteiger partial charge in [-0.05, 0) is 33.0 Å². The van der Waals surface area contributed by atoms with E-state index in [1.54, 1.807) is 0 Å². The van der Waals surface area contributed by atoms with Crippen molar-refractivity contribution in [3.63, 3.8) is 0 Å². The van der Waals surface area contributed by atoms with Crippen molar-refractivity contribution < 1.29 is 0 Å². The first-order chi connectivity index (χ1) is 6.08. The summed E-state index contributed by atoms with van der Waals surface area (Å²) < 4.78 is 0. The first-order valence-corrected chi connectivity index (χ1v) is 4.84. The highest BCUT2D eigenvalue weighted by atomic mass is 15.1. The first-order valence-electron chi connectivity index (χ1n) is 4.84. The number of hydrogen-bond acceptors (Lipinski definition) is 3. The molecule has 1 saturated heterocycles. The lowest BCUT2D eigenvalue weighted by molar-refractivity contribution is 0.193. The van der Waals surface area contributed by atoms with Crippen molar-refractivity contribution in [1.82, 2.24) is 4.90 Å². The highest BCUT2D eigenvalue weighted by Gasteiger charge is 2.32. The Kier molecular flexibility index (Phi) is 3.20. The molecule has 0 unspecified atom stereocenters. The average Bonchev–Trinajstić information content (AvgIpc) is 2.11. The minimum Gasteiger partial charge on any atom is -0.313 e. The molecular weight excluding hydrogens is 162 g/mol. The van der Waals surface area contributed by atoms with Crippen LogP contribution < -0.4 is 0 Å². The van der Waals surface area contributed by atoms with E-state index in [1.807, 2.05) is 0 Å². The summed E-state index contributed by atoms with van der Waals surface area (Å²) in [7, 11) is 2.12. The van der Waals surface area contributed by atoms with Crippen molar-refractivity contribution >= 4 is 11.9 Å². The van der Waals surface area contributed by atoms with Gasteiger partial charge in [-0.3, -0.25) is 0 Å². The fraction of sp³-hybridized carbons (Fsp3) is 0.800. The monoisotopic (exact) mass is 181 g/mol. The van der Waals surface area contributed by atoms with Crippen LogP contribution in [-0.2, 0) is 0 Å². The third kappa shape index (κ3) is 2.37. The molecule has 0 aliphatic carbocycles. The molecule has 1 aliphatic heterocycles. The number of likely N-dealkylation sites (tertiary alicyclic amines) is 1. The molecule has 0 spiro atoms. The van der Waals surface area contributed by atoms with Crippen molar-refractivity contribution in [2.45, 2.75) is 26.2 Å². The van der Waals surface area contributed by atoms with Gasteiger partial charge in [-0.2, -0.15) is 0 Å². The molecular formula is C10H19N3. The zero-order chi connectivity index (χ0) is 9.90. The van der Waals surface area contributed by atoms with Crippen molar-refractivity contribution in [3.8, 4) is 0 Å². The summed E-state index contributed by atoms with van der Waals surface area (Å²) in [6, 6.07) is 0. The topological polar surface area (TPSA) is 50.9 Å². The molecule has 74 valence electrons. The minimum atomic E-state index is 0.0596. The van der Waals surface area contributed by atoms with Gasteiger partial charge in [0.1, 0.15) is 0 Å². The van der Waals surface area contributed by atoms with Crippen LogP contribution in [0.5, 0.6) is 0 Å². The Morgan fingerprint density at radius 2 is 2.00 bits per heavy atom. The summed E-state index contributed by atoms with van der Waals surface area (Å²) in [6.07, 6.45) is 4.00. The van der Waals surface area contributed by atoms with Gasteiger partial charge >= 0.3 is 0 Å². The number of nitrogens with zero attached hydrogens (tertiary/aromatic N) is 1. The van der Waals surface area contributed by atoms with Crippen molar-refractivity contribution in [2.24, 2.45) is 5.41 Å². The summed E-state index contributed by atoms with van der Waals surface area (Å²) in [5.74, 6) is 0. The molecule has 0 saturated carbocycles. The summed E-state index contributed by atoms with van der Waals surface area (Å²) in [5.41, 5.74) is 0.792. The molecule has 13 heavy (non-hydrogen) atoms. The van der Waals surface area contributed by atoms with E-state index in [1.165, 1.54) is 6.21 Å². The number of rotatable bonds is 3. The molecule has 0 amide bonds. The van der Waals surface area contributed by atoms with Gasteiger partial charge in [0.05, 0.1) is 0 Å². The lowest BCUT2D eigenvalue weighted by Gasteiger charge is -2.38. The molecule has 1 fully saturated rings. The zero-order valence-corrected chi connectivity index (χ0v) is 8.56. The SMILES string of the molecule is CN1CCC(C)(C(=N)CC=N)CC1. The Balaban J connectivity index is 2.55. The zero-order valence-electron chi connectivity index (χ0n) is 8.56. The van der Waals surface area contributed by atoms with Gasteiger partial charge in [0.2, 0.25) is 0 Å². The fourth-order valence-electron chi connectivity index (χ4n) is 1.76. The number of nitrogens with one attached hydrogen (secondary N) is 2. The van der Waals surface area contributed by atoms with Gasteiger partial charge in [0.25, 0.3) is 0 Å². The molecule has 0 aromatic heterocycles. The maximum absolute atomic E-state index is 7.88. The molecule has 0 aromatic carbocycles. The number of hydrogen-bond donors (Lipinski definition) is 2. The maximum Gasteiger partial charge on any atom is 0.0205 e. The smallest absolute Gasteiger partial charge is 0.0205 e. The summed E-state index contributed by atoms with van der Waals surface area (Å²) in [5, 5.41) is 14.9. The van der Waals surface area contributed by atoms with E-state index in [-0.39, 0.29) is 5.41 Å². The predicted molar refractivity (Wildman–Crippen MR) is 56.0 cm³/mol. The van der Waals surface area contributed by atoms with Crippen LogP contribution in [0, 0.1) is 16.2 Å². The van der Waals surface area contributed by atoms with E-state index in [0.29, 0.717) is 6.42 Å². The molecule has 3 heteroatoms. The molecule has 1 aliphatic rings. The van der Waals surface area contributed by atoms with Crippen LogP contribution in [0.3, 0.4) is 0 Å². The van der Waals surface area contributed by atoms with E-state index in [4.69, 9.17) is 10.8 Å². The highest BCUT2D eigenvalue weighted by molar-refractivity contribution is 5.96. The van der Waals surface area contributed by atoms with Crippen LogP contribution in [0.1, 0.15) is 26.2 Å². The molecule has 0 bridgehead atoms. The quantitative estimate of drug-likeness (QED) is 0.641. The van der Waals surface area contributed by atoms with Gasteiger partial charge < -0.3 is 15.7 Å². The van der Waals surface area contributed by atoms with Crippen LogP contribution in [0.25, 0.3) is 0 Å². The average molecular weight is 181 g/mol. The molecule has 0 aromatic rings. The second-order valence-electron chi connectivity index (χ2n) is 4.25. The summed E-state index contributed by atoms with van der Waals surface area (Å²) >= 11 is 0. The maximum atomic E-state index is 7.88. The van der Waals surface area contributed by atoms with Crippen LogP contribution in [0.15, 0.2) is 0 Å². The standard InChI is InChI=1S/C10H19N3/c1-10(9(12)3-6-11)4-7-13(2)8-5-10/h6,11-12H,3-5,7-8H2,1-2H3. The van der Waals surface area contributed by atoms with Gasteiger partial charge in [-0.15, -0.1) is 0 Å². The summed E-state index contributed by atoms with van der Waals surface area (Å²) in [4.78, 5) is 2.31. The second kappa shape index (κ2) is 4.01. The second-order valence-corrected chi connectivity index (χ2v) is 4.25. The van der Waals surface area contributed by atoms with Crippen molar-refractivity contribution in [1.29, 1.82) is 10.8 Å². The Morgan fingerprint density at radius 1 is 1.46 bits per heavy atom. The van der Waals surface area contributed by atoms with Crippen molar-refractivity contribution in [2.75, 3.05) is 20.1 Å². The van der Waals surface area contributed by atoms with Gasteiger partial charge in [0, 0.05) is 23.8 Å². The molecule has 0 radical (unpaired) electrons.